The van der Waals surface area contributed by atoms with Gasteiger partial charge in [-0.05, 0) is 46.5 Å². The number of amides is 2. The number of carbonyl (C=O) groups excluding carboxylic acids is 2. The quantitative estimate of drug-likeness (QED) is 0.619. The highest BCUT2D eigenvalue weighted by atomic mass is 19.1. The maximum absolute atomic E-state index is 13.3. The molecule has 160 valence electrons. The third kappa shape index (κ3) is 5.47. The van der Waals surface area contributed by atoms with E-state index in [1.165, 1.54) is 17.5 Å². The van der Waals surface area contributed by atoms with Gasteiger partial charge in [-0.15, -0.1) is 0 Å². The van der Waals surface area contributed by atoms with Crippen LogP contribution in [0.4, 0.5) is 4.39 Å². The molecule has 1 atom stereocenters. The van der Waals surface area contributed by atoms with Crippen LogP contribution >= 0.6 is 0 Å². The number of benzene rings is 3. The molecule has 0 aliphatic carbocycles. The molecule has 3 aromatic rings. The average molecular weight is 420 g/mol. The Kier molecular flexibility index (Phi) is 6.57. The normalized spacial score (nSPS) is 16.8. The number of halogens is 1. The first kappa shape index (κ1) is 21.0. The van der Waals surface area contributed by atoms with Crippen molar-refractivity contribution >= 4 is 22.6 Å². The summed E-state index contributed by atoms with van der Waals surface area (Å²) in [5.41, 5.74) is 1.94. The van der Waals surface area contributed by atoms with Crippen molar-refractivity contribution in [2.45, 2.75) is 25.4 Å². The second-order valence-electron chi connectivity index (χ2n) is 7.89. The van der Waals surface area contributed by atoms with Gasteiger partial charge in [0.25, 0.3) is 0 Å². The van der Waals surface area contributed by atoms with Gasteiger partial charge in [0.15, 0.2) is 0 Å². The summed E-state index contributed by atoms with van der Waals surface area (Å²) in [5, 5.41) is 8.07. The van der Waals surface area contributed by atoms with Crippen LogP contribution in [0.25, 0.3) is 10.8 Å². The molecule has 1 saturated heterocycles. The maximum atomic E-state index is 13.3. The first-order valence-corrected chi connectivity index (χ1v) is 10.6. The Labute approximate surface area is 181 Å². The summed E-state index contributed by atoms with van der Waals surface area (Å²) in [6.45, 7) is 2.28. The molecule has 1 aliphatic rings. The summed E-state index contributed by atoms with van der Waals surface area (Å²) < 4.78 is 13.3. The Morgan fingerprint density at radius 2 is 1.87 bits per heavy atom. The molecule has 3 aromatic carbocycles. The molecule has 0 spiro atoms. The van der Waals surface area contributed by atoms with Crippen LogP contribution in [0.5, 0.6) is 0 Å². The lowest BCUT2D eigenvalue weighted by Crippen LogP contribution is -2.56. The van der Waals surface area contributed by atoms with E-state index in [9.17, 15) is 14.0 Å². The minimum Gasteiger partial charge on any atom is -0.356 e. The molecule has 0 aromatic heterocycles. The van der Waals surface area contributed by atoms with Gasteiger partial charge in [-0.3, -0.25) is 14.5 Å². The lowest BCUT2D eigenvalue weighted by molar-refractivity contribution is -0.134. The molecule has 5 nitrogen and oxygen atoms in total. The van der Waals surface area contributed by atoms with E-state index in [2.05, 4.69) is 45.9 Å². The number of rotatable bonds is 7. The molecule has 6 heteroatoms. The van der Waals surface area contributed by atoms with Gasteiger partial charge in [-0.2, -0.15) is 0 Å². The summed E-state index contributed by atoms with van der Waals surface area (Å²) in [6, 6.07) is 20.3. The lowest BCUT2D eigenvalue weighted by Gasteiger charge is -2.34. The van der Waals surface area contributed by atoms with Crippen molar-refractivity contribution in [2.75, 3.05) is 19.6 Å². The van der Waals surface area contributed by atoms with Crippen LogP contribution in [0.1, 0.15) is 17.5 Å². The highest BCUT2D eigenvalue weighted by molar-refractivity contribution is 5.89. The third-order valence-electron chi connectivity index (χ3n) is 5.64. The monoisotopic (exact) mass is 419 g/mol. The zero-order chi connectivity index (χ0) is 21.6. The van der Waals surface area contributed by atoms with Crippen LogP contribution in [-0.2, 0) is 22.6 Å². The second-order valence-corrected chi connectivity index (χ2v) is 7.89. The number of nitrogens with one attached hydrogen (secondary N) is 2. The fourth-order valence-electron chi connectivity index (χ4n) is 4.03. The van der Waals surface area contributed by atoms with Crippen LogP contribution in [0.15, 0.2) is 66.7 Å². The van der Waals surface area contributed by atoms with E-state index in [-0.39, 0.29) is 24.1 Å². The molecule has 4 rings (SSSR count). The summed E-state index contributed by atoms with van der Waals surface area (Å²) >= 11 is 0. The fraction of sp³-hybridized carbons (Fsp3) is 0.280. The fourth-order valence-corrected chi connectivity index (χ4v) is 4.03. The van der Waals surface area contributed by atoms with E-state index in [1.807, 2.05) is 18.2 Å². The standard InChI is InChI=1S/C25H26FN3O2/c26-22-7-3-4-18(15-22)10-11-27-24(30)16-23-25(31)28-12-13-29(23)17-19-8-9-20-5-1-2-6-21(20)14-19/h1-9,14-15,23H,10-13,16-17H2,(H,27,30)(H,28,31)/t23-/m0/s1. The van der Waals surface area contributed by atoms with Crippen molar-refractivity contribution in [3.63, 3.8) is 0 Å². The summed E-state index contributed by atoms with van der Waals surface area (Å²) in [4.78, 5) is 27.1. The van der Waals surface area contributed by atoms with E-state index in [0.29, 0.717) is 32.6 Å². The Balaban J connectivity index is 1.36. The minimum atomic E-state index is -0.505. The van der Waals surface area contributed by atoms with Gasteiger partial charge in [0.2, 0.25) is 11.8 Å². The molecule has 2 amide bonds. The number of piperazine rings is 1. The molecular formula is C25H26FN3O2. The van der Waals surface area contributed by atoms with E-state index in [0.717, 1.165) is 16.5 Å². The predicted octanol–water partition coefficient (Wildman–Crippen LogP) is 3.03. The van der Waals surface area contributed by atoms with Crippen LogP contribution in [0.3, 0.4) is 0 Å². The van der Waals surface area contributed by atoms with Crippen molar-refractivity contribution < 1.29 is 14.0 Å². The smallest absolute Gasteiger partial charge is 0.237 e. The molecule has 0 bridgehead atoms. The number of carbonyl (C=O) groups is 2. The lowest BCUT2D eigenvalue weighted by atomic mass is 10.0. The Hall–Kier alpha value is -3.25. The van der Waals surface area contributed by atoms with Crippen LogP contribution in [-0.4, -0.2) is 42.4 Å². The molecular weight excluding hydrogens is 393 g/mol. The number of nitrogens with zero attached hydrogens (tertiary/aromatic N) is 1. The summed E-state index contributed by atoms with van der Waals surface area (Å²) in [7, 11) is 0. The average Bonchev–Trinajstić information content (AvgIpc) is 2.76. The van der Waals surface area contributed by atoms with Gasteiger partial charge in [0, 0.05) is 26.2 Å². The van der Waals surface area contributed by atoms with Crippen LogP contribution in [0.2, 0.25) is 0 Å². The molecule has 0 saturated carbocycles. The molecule has 2 N–H and O–H groups in total. The summed E-state index contributed by atoms with van der Waals surface area (Å²) in [6.07, 6.45) is 0.643. The SMILES string of the molecule is O=C(C[C@H]1C(=O)NCCN1Cc1ccc2ccccc2c1)NCCc1cccc(F)c1. The van der Waals surface area contributed by atoms with E-state index < -0.39 is 6.04 Å². The molecule has 1 heterocycles. The first-order chi connectivity index (χ1) is 15.1. The second kappa shape index (κ2) is 9.71. The largest absolute Gasteiger partial charge is 0.356 e. The predicted molar refractivity (Wildman–Crippen MR) is 119 cm³/mol. The van der Waals surface area contributed by atoms with Gasteiger partial charge >= 0.3 is 0 Å². The van der Waals surface area contributed by atoms with Crippen molar-refractivity contribution in [2.24, 2.45) is 0 Å². The molecule has 1 aliphatic heterocycles. The van der Waals surface area contributed by atoms with Crippen molar-refractivity contribution in [3.8, 4) is 0 Å². The van der Waals surface area contributed by atoms with Crippen molar-refractivity contribution in [1.29, 1.82) is 0 Å². The van der Waals surface area contributed by atoms with Gasteiger partial charge in [-0.25, -0.2) is 4.39 Å². The van der Waals surface area contributed by atoms with E-state index >= 15 is 0 Å². The van der Waals surface area contributed by atoms with E-state index in [1.54, 1.807) is 6.07 Å². The molecule has 0 radical (unpaired) electrons. The summed E-state index contributed by atoms with van der Waals surface area (Å²) in [5.74, 6) is -0.582. The van der Waals surface area contributed by atoms with Crippen LogP contribution in [0, 0.1) is 5.82 Å². The van der Waals surface area contributed by atoms with Gasteiger partial charge in [-0.1, -0.05) is 48.5 Å². The highest BCUT2D eigenvalue weighted by Crippen LogP contribution is 2.19. The first-order valence-electron chi connectivity index (χ1n) is 10.6. The molecule has 1 fully saturated rings. The van der Waals surface area contributed by atoms with Crippen molar-refractivity contribution in [1.82, 2.24) is 15.5 Å². The van der Waals surface area contributed by atoms with Crippen LogP contribution < -0.4 is 10.6 Å². The number of hydrogen-bond donors (Lipinski definition) is 2. The molecule has 31 heavy (non-hydrogen) atoms. The third-order valence-corrected chi connectivity index (χ3v) is 5.64. The highest BCUT2D eigenvalue weighted by Gasteiger charge is 2.31. The number of hydrogen-bond acceptors (Lipinski definition) is 3. The zero-order valence-corrected chi connectivity index (χ0v) is 17.3. The van der Waals surface area contributed by atoms with Gasteiger partial charge in [0.1, 0.15) is 5.82 Å². The van der Waals surface area contributed by atoms with Gasteiger partial charge in [0.05, 0.1) is 12.5 Å². The van der Waals surface area contributed by atoms with Crippen molar-refractivity contribution in [3.05, 3.63) is 83.7 Å². The minimum absolute atomic E-state index is 0.0998. The number of fused-ring (bicyclic) bond motifs is 1. The Morgan fingerprint density at radius 3 is 2.71 bits per heavy atom. The maximum Gasteiger partial charge on any atom is 0.237 e. The topological polar surface area (TPSA) is 61.4 Å². The van der Waals surface area contributed by atoms with Gasteiger partial charge < -0.3 is 10.6 Å². The van der Waals surface area contributed by atoms with E-state index in [4.69, 9.17) is 0 Å². The zero-order valence-electron chi connectivity index (χ0n) is 17.3. The molecule has 0 unspecified atom stereocenters. The Bertz CT molecular complexity index is 1090. The Morgan fingerprint density at radius 1 is 1.03 bits per heavy atom.